The summed E-state index contributed by atoms with van der Waals surface area (Å²) in [6.45, 7) is 1.51. The Bertz CT molecular complexity index is 701. The van der Waals surface area contributed by atoms with E-state index < -0.39 is 17.7 Å². The zero-order chi connectivity index (χ0) is 15.6. The van der Waals surface area contributed by atoms with E-state index in [9.17, 15) is 14.4 Å². The molecule has 0 radical (unpaired) electrons. The van der Waals surface area contributed by atoms with Gasteiger partial charge in [-0.05, 0) is 13.0 Å². The van der Waals surface area contributed by atoms with Gasteiger partial charge < -0.3 is 15.2 Å². The second kappa shape index (κ2) is 5.67. The predicted molar refractivity (Wildman–Crippen MR) is 71.8 cm³/mol. The first kappa shape index (κ1) is 14.6. The molecule has 1 aliphatic rings. The van der Waals surface area contributed by atoms with E-state index in [1.165, 1.54) is 32.2 Å². The number of ether oxygens (including phenoxy) is 2. The number of carbonyl (C=O) groups excluding carboxylic acids is 1. The first-order chi connectivity index (χ1) is 10.0. The molecular formula is C15H13FN2O3. The molecule has 2 rings (SSSR count). The van der Waals surface area contributed by atoms with Gasteiger partial charge in [0, 0.05) is 5.56 Å². The lowest BCUT2D eigenvalue weighted by Gasteiger charge is -2.26. The molecule has 0 saturated carbocycles. The third-order valence-electron chi connectivity index (χ3n) is 3.23. The van der Waals surface area contributed by atoms with Crippen LogP contribution in [0.5, 0.6) is 0 Å². The topological polar surface area (TPSA) is 85.3 Å². The zero-order valence-electron chi connectivity index (χ0n) is 11.5. The van der Waals surface area contributed by atoms with Gasteiger partial charge in [-0.3, -0.25) is 0 Å². The summed E-state index contributed by atoms with van der Waals surface area (Å²) in [6.07, 6.45) is 0. The molecule has 21 heavy (non-hydrogen) atoms. The van der Waals surface area contributed by atoms with Crippen LogP contribution in [0.1, 0.15) is 18.4 Å². The standard InChI is InChI=1S/C15H13FN2O3/c1-8-12(15(19)20-2)13(10(7-17)14(18)21-8)9-5-3-4-6-11(9)16/h3-6,13H,18H2,1-2H3/t13-/m0/s1. The van der Waals surface area contributed by atoms with Crippen molar-refractivity contribution in [2.45, 2.75) is 12.8 Å². The normalized spacial score (nSPS) is 18.1. The van der Waals surface area contributed by atoms with Crippen LogP contribution in [0.3, 0.4) is 0 Å². The van der Waals surface area contributed by atoms with Crippen LogP contribution >= 0.6 is 0 Å². The maximum atomic E-state index is 14.1. The van der Waals surface area contributed by atoms with Gasteiger partial charge in [0.05, 0.1) is 18.6 Å². The number of allylic oxidation sites excluding steroid dienone is 2. The summed E-state index contributed by atoms with van der Waals surface area (Å²) in [7, 11) is 1.20. The molecule has 0 aliphatic carbocycles. The molecular weight excluding hydrogens is 275 g/mol. The Labute approximate surface area is 121 Å². The number of nitrogens with zero attached hydrogens (tertiary/aromatic N) is 1. The summed E-state index contributed by atoms with van der Waals surface area (Å²) < 4.78 is 24.0. The molecule has 0 unspecified atom stereocenters. The van der Waals surface area contributed by atoms with Crippen LogP contribution in [0.15, 0.2) is 47.1 Å². The van der Waals surface area contributed by atoms with Gasteiger partial charge in [-0.2, -0.15) is 5.26 Å². The number of methoxy groups -OCH3 is 1. The molecule has 1 aromatic rings. The Kier molecular flexibility index (Phi) is 3.94. The van der Waals surface area contributed by atoms with Crippen molar-refractivity contribution in [3.63, 3.8) is 0 Å². The lowest BCUT2D eigenvalue weighted by atomic mass is 9.83. The molecule has 108 valence electrons. The molecule has 5 nitrogen and oxygen atoms in total. The number of esters is 1. The van der Waals surface area contributed by atoms with Crippen molar-refractivity contribution in [3.05, 3.63) is 58.4 Å². The fourth-order valence-electron chi connectivity index (χ4n) is 2.28. The third kappa shape index (κ3) is 2.46. The van der Waals surface area contributed by atoms with E-state index in [-0.39, 0.29) is 28.4 Å². The van der Waals surface area contributed by atoms with E-state index in [1.54, 1.807) is 6.07 Å². The maximum absolute atomic E-state index is 14.1. The minimum Gasteiger partial charge on any atom is -0.466 e. The smallest absolute Gasteiger partial charge is 0.338 e. The van der Waals surface area contributed by atoms with Crippen LogP contribution < -0.4 is 5.73 Å². The molecule has 0 bridgehead atoms. The third-order valence-corrected chi connectivity index (χ3v) is 3.23. The highest BCUT2D eigenvalue weighted by atomic mass is 19.1. The Balaban J connectivity index is 2.70. The highest BCUT2D eigenvalue weighted by Crippen LogP contribution is 2.40. The number of nitrogens with two attached hydrogens (primary N) is 1. The van der Waals surface area contributed by atoms with E-state index in [0.717, 1.165) is 0 Å². The monoisotopic (exact) mass is 288 g/mol. The molecule has 0 aromatic heterocycles. The van der Waals surface area contributed by atoms with Gasteiger partial charge in [0.25, 0.3) is 0 Å². The number of rotatable bonds is 2. The summed E-state index contributed by atoms with van der Waals surface area (Å²) >= 11 is 0. The molecule has 1 aromatic carbocycles. The van der Waals surface area contributed by atoms with Gasteiger partial charge in [-0.25, -0.2) is 9.18 Å². The summed E-state index contributed by atoms with van der Waals surface area (Å²) in [5.41, 5.74) is 5.90. The first-order valence-electron chi connectivity index (χ1n) is 6.12. The minimum absolute atomic E-state index is 0.0221. The van der Waals surface area contributed by atoms with Crippen LogP contribution in [-0.2, 0) is 14.3 Å². The van der Waals surface area contributed by atoms with Crippen LogP contribution in [0.25, 0.3) is 0 Å². The quantitative estimate of drug-likeness (QED) is 0.842. The molecule has 1 heterocycles. The number of hydrogen-bond acceptors (Lipinski definition) is 5. The molecule has 1 aliphatic heterocycles. The van der Waals surface area contributed by atoms with Crippen molar-refractivity contribution in [1.29, 1.82) is 5.26 Å². The average molecular weight is 288 g/mol. The van der Waals surface area contributed by atoms with Crippen molar-refractivity contribution < 1.29 is 18.7 Å². The van der Waals surface area contributed by atoms with Crippen molar-refractivity contribution in [1.82, 2.24) is 0 Å². The van der Waals surface area contributed by atoms with Crippen LogP contribution in [0.4, 0.5) is 4.39 Å². The van der Waals surface area contributed by atoms with Crippen LogP contribution in [-0.4, -0.2) is 13.1 Å². The van der Waals surface area contributed by atoms with Gasteiger partial charge in [0.15, 0.2) is 0 Å². The summed E-state index contributed by atoms with van der Waals surface area (Å²) in [4.78, 5) is 12.0. The minimum atomic E-state index is -0.947. The van der Waals surface area contributed by atoms with Crippen molar-refractivity contribution in [2.24, 2.45) is 5.73 Å². The van der Waals surface area contributed by atoms with Gasteiger partial charge >= 0.3 is 5.97 Å². The lowest BCUT2D eigenvalue weighted by Crippen LogP contribution is -2.25. The van der Waals surface area contributed by atoms with E-state index in [2.05, 4.69) is 0 Å². The molecule has 0 amide bonds. The van der Waals surface area contributed by atoms with Crippen molar-refractivity contribution in [2.75, 3.05) is 7.11 Å². The molecule has 6 heteroatoms. The second-order valence-corrected chi connectivity index (χ2v) is 4.41. The van der Waals surface area contributed by atoms with Gasteiger partial charge in [0.1, 0.15) is 23.2 Å². The number of carbonyl (C=O) groups is 1. The van der Waals surface area contributed by atoms with Crippen molar-refractivity contribution >= 4 is 5.97 Å². The number of benzene rings is 1. The van der Waals surface area contributed by atoms with E-state index in [4.69, 9.17) is 15.2 Å². The molecule has 2 N–H and O–H groups in total. The van der Waals surface area contributed by atoms with E-state index >= 15 is 0 Å². The summed E-state index contributed by atoms with van der Waals surface area (Å²) in [5.74, 6) is -2.14. The Morgan fingerprint density at radius 2 is 2.14 bits per heavy atom. The van der Waals surface area contributed by atoms with Gasteiger partial charge in [-0.15, -0.1) is 0 Å². The lowest BCUT2D eigenvalue weighted by molar-refractivity contribution is -0.136. The molecule has 0 saturated heterocycles. The summed E-state index contributed by atoms with van der Waals surface area (Å²) in [6, 6.07) is 7.76. The molecule has 0 spiro atoms. The van der Waals surface area contributed by atoms with E-state index in [1.807, 2.05) is 6.07 Å². The van der Waals surface area contributed by atoms with Gasteiger partial charge in [0.2, 0.25) is 5.88 Å². The molecule has 1 atom stereocenters. The Hall–Kier alpha value is -2.81. The predicted octanol–water partition coefficient (Wildman–Crippen LogP) is 2.08. The largest absolute Gasteiger partial charge is 0.466 e. The summed E-state index contributed by atoms with van der Waals surface area (Å²) in [5, 5.41) is 9.28. The SMILES string of the molecule is COC(=O)C1=C(C)OC(N)=C(C#N)[C@@H]1c1ccccc1F. The number of hydrogen-bond donors (Lipinski definition) is 1. The highest BCUT2D eigenvalue weighted by molar-refractivity contribution is 5.92. The highest BCUT2D eigenvalue weighted by Gasteiger charge is 2.37. The van der Waals surface area contributed by atoms with Gasteiger partial charge in [-0.1, -0.05) is 18.2 Å². The first-order valence-corrected chi connectivity index (χ1v) is 6.12. The maximum Gasteiger partial charge on any atom is 0.338 e. The second-order valence-electron chi connectivity index (χ2n) is 4.41. The van der Waals surface area contributed by atoms with Crippen LogP contribution in [0, 0.1) is 17.1 Å². The van der Waals surface area contributed by atoms with Crippen molar-refractivity contribution in [3.8, 4) is 6.07 Å². The fourth-order valence-corrected chi connectivity index (χ4v) is 2.28. The number of halogens is 1. The Morgan fingerprint density at radius 3 is 2.71 bits per heavy atom. The zero-order valence-corrected chi connectivity index (χ0v) is 11.5. The number of nitriles is 1. The van der Waals surface area contributed by atoms with Crippen LogP contribution in [0.2, 0.25) is 0 Å². The average Bonchev–Trinajstić information content (AvgIpc) is 2.46. The fraction of sp³-hybridized carbons (Fsp3) is 0.200. The Morgan fingerprint density at radius 1 is 1.48 bits per heavy atom. The van der Waals surface area contributed by atoms with E-state index in [0.29, 0.717) is 0 Å². The molecule has 0 fully saturated rings.